The molecule has 0 saturated heterocycles. The summed E-state index contributed by atoms with van der Waals surface area (Å²) >= 11 is 21.5. The van der Waals surface area contributed by atoms with E-state index in [0.29, 0.717) is 20.9 Å². The van der Waals surface area contributed by atoms with Gasteiger partial charge in [-0.05, 0) is 46.6 Å². The number of rotatable bonds is 3. The number of hydrogen-bond acceptors (Lipinski definition) is 2. The quantitative estimate of drug-likeness (QED) is 0.709. The zero-order valence-electron chi connectivity index (χ0n) is 9.92. The van der Waals surface area contributed by atoms with Crippen molar-refractivity contribution in [3.05, 3.63) is 55.6 Å². The summed E-state index contributed by atoms with van der Waals surface area (Å²) in [6.45, 7) is 1.98. The molecule has 0 aliphatic carbocycles. The number of aromatic nitrogens is 1. The van der Waals surface area contributed by atoms with E-state index in [1.807, 2.05) is 13.0 Å². The Morgan fingerprint density at radius 1 is 1.16 bits per heavy atom. The van der Waals surface area contributed by atoms with Gasteiger partial charge in [0.05, 0.1) is 11.1 Å². The number of benzene rings is 1. The van der Waals surface area contributed by atoms with Crippen LogP contribution in [0, 0.1) is 0 Å². The molecule has 2 aromatic rings. The van der Waals surface area contributed by atoms with Crippen LogP contribution in [-0.4, -0.2) is 4.98 Å². The third kappa shape index (κ3) is 3.76. The van der Waals surface area contributed by atoms with Crippen molar-refractivity contribution in [2.45, 2.75) is 13.0 Å². The third-order valence-electron chi connectivity index (χ3n) is 2.59. The summed E-state index contributed by atoms with van der Waals surface area (Å²) in [5.74, 6) is 0.614. The van der Waals surface area contributed by atoms with E-state index in [1.54, 1.807) is 24.4 Å². The molecule has 0 amide bonds. The van der Waals surface area contributed by atoms with Crippen molar-refractivity contribution < 1.29 is 0 Å². The van der Waals surface area contributed by atoms with Crippen LogP contribution < -0.4 is 5.32 Å². The molecule has 19 heavy (non-hydrogen) atoms. The number of pyridine rings is 1. The van der Waals surface area contributed by atoms with Gasteiger partial charge in [0.15, 0.2) is 0 Å². The minimum absolute atomic E-state index is 0.0315. The summed E-state index contributed by atoms with van der Waals surface area (Å²) in [7, 11) is 0. The maximum absolute atomic E-state index is 6.17. The van der Waals surface area contributed by atoms with Crippen molar-refractivity contribution in [2.75, 3.05) is 5.32 Å². The zero-order valence-corrected chi connectivity index (χ0v) is 13.8. The van der Waals surface area contributed by atoms with Crippen LogP contribution in [0.4, 0.5) is 5.82 Å². The number of anilines is 1. The molecule has 0 aliphatic heterocycles. The van der Waals surface area contributed by atoms with Gasteiger partial charge in [0, 0.05) is 20.7 Å². The monoisotopic (exact) mass is 378 g/mol. The summed E-state index contributed by atoms with van der Waals surface area (Å²) in [6, 6.07) is 7.16. The van der Waals surface area contributed by atoms with Gasteiger partial charge in [-0.3, -0.25) is 0 Å². The predicted octanol–water partition coefficient (Wildman–Crippen LogP) is 5.98. The Labute approximate surface area is 135 Å². The first kappa shape index (κ1) is 14.9. The highest BCUT2D eigenvalue weighted by Crippen LogP contribution is 2.30. The van der Waals surface area contributed by atoms with Crippen molar-refractivity contribution in [2.24, 2.45) is 0 Å². The van der Waals surface area contributed by atoms with Crippen LogP contribution in [0.15, 0.2) is 34.9 Å². The number of halogens is 4. The molecule has 0 saturated carbocycles. The van der Waals surface area contributed by atoms with Gasteiger partial charge in [-0.25, -0.2) is 4.98 Å². The lowest BCUT2D eigenvalue weighted by atomic mass is 10.1. The minimum atomic E-state index is -0.0315. The van der Waals surface area contributed by atoms with Gasteiger partial charge in [-0.2, -0.15) is 0 Å². The smallest absolute Gasteiger partial charge is 0.145 e. The molecular weight excluding hydrogens is 370 g/mol. The molecule has 1 N–H and O–H groups in total. The fourth-order valence-electron chi connectivity index (χ4n) is 1.66. The molecule has 0 aliphatic rings. The van der Waals surface area contributed by atoms with E-state index in [-0.39, 0.29) is 6.04 Å². The molecule has 2 rings (SSSR count). The molecule has 0 bridgehead atoms. The summed E-state index contributed by atoms with van der Waals surface area (Å²) in [5, 5.41) is 4.99. The Balaban J connectivity index is 2.23. The van der Waals surface area contributed by atoms with Crippen LogP contribution in [0.3, 0.4) is 0 Å². The van der Waals surface area contributed by atoms with Crippen LogP contribution in [0.25, 0.3) is 0 Å². The molecule has 0 spiro atoms. The van der Waals surface area contributed by atoms with Gasteiger partial charge < -0.3 is 5.32 Å². The maximum atomic E-state index is 6.17. The van der Waals surface area contributed by atoms with E-state index in [4.69, 9.17) is 34.8 Å². The van der Waals surface area contributed by atoms with E-state index in [2.05, 4.69) is 26.2 Å². The SMILES string of the molecule is CC(Nc1ncc(Br)cc1Cl)c1ccc(Cl)cc1Cl. The molecule has 1 unspecified atom stereocenters. The Hall–Kier alpha value is -0.480. The molecule has 6 heteroatoms. The lowest BCUT2D eigenvalue weighted by Gasteiger charge is -2.17. The highest BCUT2D eigenvalue weighted by atomic mass is 79.9. The van der Waals surface area contributed by atoms with Crippen LogP contribution in [0.2, 0.25) is 15.1 Å². The minimum Gasteiger partial charge on any atom is -0.362 e. The van der Waals surface area contributed by atoms with E-state index < -0.39 is 0 Å². The predicted molar refractivity (Wildman–Crippen MR) is 85.4 cm³/mol. The van der Waals surface area contributed by atoms with Gasteiger partial charge in [0.1, 0.15) is 5.82 Å². The lowest BCUT2D eigenvalue weighted by Crippen LogP contribution is -2.08. The van der Waals surface area contributed by atoms with Gasteiger partial charge in [0.25, 0.3) is 0 Å². The Kier molecular flexibility index (Phi) is 4.96. The Bertz CT molecular complexity index is 604. The van der Waals surface area contributed by atoms with Crippen LogP contribution in [-0.2, 0) is 0 Å². The van der Waals surface area contributed by atoms with Crippen LogP contribution in [0.5, 0.6) is 0 Å². The summed E-state index contributed by atoms with van der Waals surface area (Å²) in [5.41, 5.74) is 0.937. The first-order valence-corrected chi connectivity index (χ1v) is 7.42. The second-order valence-electron chi connectivity index (χ2n) is 4.02. The second kappa shape index (κ2) is 6.31. The molecule has 2 nitrogen and oxygen atoms in total. The number of hydrogen-bond donors (Lipinski definition) is 1. The average Bonchev–Trinajstić information content (AvgIpc) is 2.32. The Morgan fingerprint density at radius 3 is 2.53 bits per heavy atom. The zero-order chi connectivity index (χ0) is 14.0. The molecule has 1 aromatic heterocycles. The van der Waals surface area contributed by atoms with Crippen molar-refractivity contribution in [1.29, 1.82) is 0 Å². The molecule has 1 atom stereocenters. The van der Waals surface area contributed by atoms with Gasteiger partial charge in [-0.15, -0.1) is 0 Å². The van der Waals surface area contributed by atoms with Crippen LogP contribution in [0.1, 0.15) is 18.5 Å². The maximum Gasteiger partial charge on any atom is 0.145 e. The van der Waals surface area contributed by atoms with Crippen molar-refractivity contribution >= 4 is 56.6 Å². The molecular formula is C13H10BrCl3N2. The standard InChI is InChI=1S/C13H10BrCl3N2/c1-7(10-3-2-9(15)5-11(10)16)19-13-12(17)4-8(14)6-18-13/h2-7H,1H3,(H,18,19). The first-order valence-electron chi connectivity index (χ1n) is 5.50. The fraction of sp³-hybridized carbons (Fsp3) is 0.154. The second-order valence-corrected chi connectivity index (χ2v) is 6.18. The van der Waals surface area contributed by atoms with Gasteiger partial charge in [-0.1, -0.05) is 40.9 Å². The van der Waals surface area contributed by atoms with E-state index in [9.17, 15) is 0 Å². The third-order valence-corrected chi connectivity index (χ3v) is 3.87. The van der Waals surface area contributed by atoms with Crippen LogP contribution >= 0.6 is 50.7 Å². The molecule has 1 heterocycles. The van der Waals surface area contributed by atoms with E-state index in [1.165, 1.54) is 0 Å². The number of nitrogens with zero attached hydrogens (tertiary/aromatic N) is 1. The largest absolute Gasteiger partial charge is 0.362 e. The molecule has 0 radical (unpaired) electrons. The van der Waals surface area contributed by atoms with Gasteiger partial charge in [0.2, 0.25) is 0 Å². The van der Waals surface area contributed by atoms with Crippen molar-refractivity contribution in [3.8, 4) is 0 Å². The molecule has 100 valence electrons. The number of nitrogens with one attached hydrogen (secondary N) is 1. The highest BCUT2D eigenvalue weighted by Gasteiger charge is 2.12. The van der Waals surface area contributed by atoms with E-state index in [0.717, 1.165) is 10.0 Å². The molecule has 1 aromatic carbocycles. The lowest BCUT2D eigenvalue weighted by molar-refractivity contribution is 0.875. The summed E-state index contributed by atoms with van der Waals surface area (Å²) in [4.78, 5) is 4.23. The average molecular weight is 381 g/mol. The fourth-order valence-corrected chi connectivity index (χ4v) is 2.91. The summed E-state index contributed by atoms with van der Waals surface area (Å²) < 4.78 is 0.834. The molecule has 0 fully saturated rings. The summed E-state index contributed by atoms with van der Waals surface area (Å²) in [6.07, 6.45) is 1.68. The first-order chi connectivity index (χ1) is 8.97. The Morgan fingerprint density at radius 2 is 1.89 bits per heavy atom. The van der Waals surface area contributed by atoms with Crippen molar-refractivity contribution in [3.63, 3.8) is 0 Å². The topological polar surface area (TPSA) is 24.9 Å². The van der Waals surface area contributed by atoms with Gasteiger partial charge >= 0.3 is 0 Å². The van der Waals surface area contributed by atoms with Crippen molar-refractivity contribution in [1.82, 2.24) is 4.98 Å². The van der Waals surface area contributed by atoms with E-state index >= 15 is 0 Å². The highest BCUT2D eigenvalue weighted by molar-refractivity contribution is 9.10. The normalized spacial score (nSPS) is 12.3.